The van der Waals surface area contributed by atoms with Crippen molar-refractivity contribution in [2.24, 2.45) is 0 Å². The standard InChI is InChI=1S/C12H26N2S/c1-4-5-7-13-9-11(2)14(3)12-6-8-15-10-12/h11-13H,4-10H2,1-3H3. The molecule has 0 aromatic rings. The van der Waals surface area contributed by atoms with Crippen molar-refractivity contribution in [3.05, 3.63) is 0 Å². The van der Waals surface area contributed by atoms with Crippen molar-refractivity contribution in [3.8, 4) is 0 Å². The van der Waals surface area contributed by atoms with E-state index >= 15 is 0 Å². The Morgan fingerprint density at radius 2 is 2.33 bits per heavy atom. The van der Waals surface area contributed by atoms with Gasteiger partial charge in [-0.3, -0.25) is 4.90 Å². The van der Waals surface area contributed by atoms with E-state index in [-0.39, 0.29) is 0 Å². The van der Waals surface area contributed by atoms with Crippen LogP contribution in [0.3, 0.4) is 0 Å². The van der Waals surface area contributed by atoms with E-state index in [1.54, 1.807) is 0 Å². The molecule has 1 heterocycles. The van der Waals surface area contributed by atoms with Gasteiger partial charge in [0.15, 0.2) is 0 Å². The Bertz CT molecular complexity index is 158. The van der Waals surface area contributed by atoms with Crippen LogP contribution in [0.15, 0.2) is 0 Å². The molecule has 0 saturated carbocycles. The Labute approximate surface area is 99.2 Å². The Kier molecular flexibility index (Phi) is 6.69. The van der Waals surface area contributed by atoms with Gasteiger partial charge in [0.25, 0.3) is 0 Å². The quantitative estimate of drug-likeness (QED) is 0.675. The van der Waals surface area contributed by atoms with Crippen LogP contribution >= 0.6 is 11.8 Å². The highest BCUT2D eigenvalue weighted by Crippen LogP contribution is 2.22. The van der Waals surface area contributed by atoms with Gasteiger partial charge in [-0.05, 0) is 39.1 Å². The maximum absolute atomic E-state index is 3.54. The molecule has 1 rings (SSSR count). The molecule has 1 aliphatic rings. The molecule has 1 N–H and O–H groups in total. The zero-order valence-corrected chi connectivity index (χ0v) is 11.3. The van der Waals surface area contributed by atoms with E-state index < -0.39 is 0 Å². The zero-order valence-electron chi connectivity index (χ0n) is 10.5. The summed E-state index contributed by atoms with van der Waals surface area (Å²) in [5.74, 6) is 2.68. The molecule has 1 aliphatic heterocycles. The average Bonchev–Trinajstić information content (AvgIpc) is 2.76. The van der Waals surface area contributed by atoms with Gasteiger partial charge in [-0.15, -0.1) is 0 Å². The number of nitrogens with zero attached hydrogens (tertiary/aromatic N) is 1. The molecule has 15 heavy (non-hydrogen) atoms. The fourth-order valence-corrected chi connectivity index (χ4v) is 3.24. The molecule has 1 fully saturated rings. The van der Waals surface area contributed by atoms with E-state index in [0.717, 1.165) is 12.6 Å². The van der Waals surface area contributed by atoms with Gasteiger partial charge in [-0.1, -0.05) is 13.3 Å². The van der Waals surface area contributed by atoms with Crippen LogP contribution in [0.5, 0.6) is 0 Å². The first kappa shape index (κ1) is 13.3. The molecule has 0 amide bonds. The summed E-state index contributed by atoms with van der Waals surface area (Å²) >= 11 is 2.10. The van der Waals surface area contributed by atoms with Crippen LogP contribution in [0, 0.1) is 0 Å². The second-order valence-corrected chi connectivity index (χ2v) is 5.74. The zero-order chi connectivity index (χ0) is 11.1. The minimum Gasteiger partial charge on any atom is -0.315 e. The monoisotopic (exact) mass is 230 g/mol. The van der Waals surface area contributed by atoms with Crippen LogP contribution in [-0.4, -0.2) is 48.6 Å². The fraction of sp³-hybridized carbons (Fsp3) is 1.00. The highest BCUT2D eigenvalue weighted by molar-refractivity contribution is 7.99. The van der Waals surface area contributed by atoms with Crippen LogP contribution in [0.4, 0.5) is 0 Å². The number of unbranched alkanes of at least 4 members (excludes halogenated alkanes) is 1. The summed E-state index contributed by atoms with van der Waals surface area (Å²) in [6.45, 7) is 6.89. The van der Waals surface area contributed by atoms with E-state index in [1.807, 2.05) is 0 Å². The maximum Gasteiger partial charge on any atom is 0.0194 e. The van der Waals surface area contributed by atoms with Crippen molar-refractivity contribution in [1.82, 2.24) is 10.2 Å². The lowest BCUT2D eigenvalue weighted by Gasteiger charge is -2.30. The van der Waals surface area contributed by atoms with E-state index in [9.17, 15) is 0 Å². The van der Waals surface area contributed by atoms with Crippen molar-refractivity contribution in [3.63, 3.8) is 0 Å². The van der Waals surface area contributed by atoms with Gasteiger partial charge in [0.05, 0.1) is 0 Å². The molecule has 3 heteroatoms. The first-order valence-corrected chi connectivity index (χ1v) is 7.41. The molecule has 2 unspecified atom stereocenters. The van der Waals surface area contributed by atoms with Crippen LogP contribution < -0.4 is 5.32 Å². The molecule has 90 valence electrons. The first-order chi connectivity index (χ1) is 7.25. The Balaban J connectivity index is 2.11. The van der Waals surface area contributed by atoms with Crippen molar-refractivity contribution in [2.75, 3.05) is 31.6 Å². The summed E-state index contributed by atoms with van der Waals surface area (Å²) in [5, 5.41) is 3.54. The Morgan fingerprint density at radius 1 is 1.53 bits per heavy atom. The molecular weight excluding hydrogens is 204 g/mol. The number of nitrogens with one attached hydrogen (secondary N) is 1. The summed E-state index contributed by atoms with van der Waals surface area (Å²) in [7, 11) is 2.28. The minimum absolute atomic E-state index is 0.672. The van der Waals surface area contributed by atoms with E-state index in [2.05, 4.69) is 42.9 Å². The van der Waals surface area contributed by atoms with Gasteiger partial charge in [0, 0.05) is 24.4 Å². The van der Waals surface area contributed by atoms with Crippen LogP contribution in [0.1, 0.15) is 33.1 Å². The third-order valence-electron chi connectivity index (χ3n) is 3.32. The topological polar surface area (TPSA) is 15.3 Å². The first-order valence-electron chi connectivity index (χ1n) is 6.26. The van der Waals surface area contributed by atoms with Crippen LogP contribution in [-0.2, 0) is 0 Å². The van der Waals surface area contributed by atoms with Crippen LogP contribution in [0.2, 0.25) is 0 Å². The predicted molar refractivity (Wildman–Crippen MR) is 70.7 cm³/mol. The van der Waals surface area contributed by atoms with Crippen molar-refractivity contribution < 1.29 is 0 Å². The average molecular weight is 230 g/mol. The lowest BCUT2D eigenvalue weighted by atomic mass is 10.2. The maximum atomic E-state index is 3.54. The van der Waals surface area contributed by atoms with E-state index in [4.69, 9.17) is 0 Å². The van der Waals surface area contributed by atoms with Gasteiger partial charge in [0.1, 0.15) is 0 Å². The molecule has 0 aromatic carbocycles. The molecule has 2 nitrogen and oxygen atoms in total. The smallest absolute Gasteiger partial charge is 0.0194 e. The fourth-order valence-electron chi connectivity index (χ4n) is 1.96. The molecule has 0 aliphatic carbocycles. The number of thioether (sulfide) groups is 1. The molecule has 2 atom stereocenters. The number of rotatable bonds is 7. The van der Waals surface area contributed by atoms with Gasteiger partial charge in [0.2, 0.25) is 0 Å². The number of hydrogen-bond donors (Lipinski definition) is 1. The van der Waals surface area contributed by atoms with Crippen molar-refractivity contribution >= 4 is 11.8 Å². The lowest BCUT2D eigenvalue weighted by Crippen LogP contribution is -2.44. The Morgan fingerprint density at radius 3 is 2.93 bits per heavy atom. The highest BCUT2D eigenvalue weighted by atomic mass is 32.2. The summed E-state index contributed by atoms with van der Waals surface area (Å²) in [5.41, 5.74) is 0. The third-order valence-corrected chi connectivity index (χ3v) is 4.47. The van der Waals surface area contributed by atoms with E-state index in [0.29, 0.717) is 6.04 Å². The van der Waals surface area contributed by atoms with Gasteiger partial charge < -0.3 is 5.32 Å². The summed E-state index contributed by atoms with van der Waals surface area (Å²) < 4.78 is 0. The normalized spacial score (nSPS) is 23.6. The number of hydrogen-bond acceptors (Lipinski definition) is 3. The molecule has 0 radical (unpaired) electrons. The molecular formula is C12H26N2S. The summed E-state index contributed by atoms with van der Waals surface area (Å²) in [4.78, 5) is 2.55. The minimum atomic E-state index is 0.672. The van der Waals surface area contributed by atoms with Gasteiger partial charge in [-0.25, -0.2) is 0 Å². The highest BCUT2D eigenvalue weighted by Gasteiger charge is 2.23. The van der Waals surface area contributed by atoms with Crippen molar-refractivity contribution in [1.29, 1.82) is 0 Å². The van der Waals surface area contributed by atoms with E-state index in [1.165, 1.54) is 37.3 Å². The van der Waals surface area contributed by atoms with Gasteiger partial charge >= 0.3 is 0 Å². The molecule has 1 saturated heterocycles. The lowest BCUT2D eigenvalue weighted by molar-refractivity contribution is 0.196. The number of likely N-dealkylation sites (N-methyl/N-ethyl adjacent to an activating group) is 1. The Hall–Kier alpha value is 0.270. The molecule has 0 spiro atoms. The molecule has 0 bridgehead atoms. The second kappa shape index (κ2) is 7.53. The molecule has 0 aromatic heterocycles. The summed E-state index contributed by atoms with van der Waals surface area (Å²) in [6, 6.07) is 1.49. The summed E-state index contributed by atoms with van der Waals surface area (Å²) in [6.07, 6.45) is 3.96. The largest absolute Gasteiger partial charge is 0.315 e. The van der Waals surface area contributed by atoms with Gasteiger partial charge in [-0.2, -0.15) is 11.8 Å². The van der Waals surface area contributed by atoms with Crippen molar-refractivity contribution in [2.45, 2.75) is 45.2 Å². The predicted octanol–water partition coefficient (Wildman–Crippen LogP) is 2.20. The van der Waals surface area contributed by atoms with Crippen LogP contribution in [0.25, 0.3) is 0 Å². The second-order valence-electron chi connectivity index (χ2n) is 4.59. The third kappa shape index (κ3) is 4.75. The SMILES string of the molecule is CCCCNCC(C)N(C)C1CCSC1.